The summed E-state index contributed by atoms with van der Waals surface area (Å²) in [6, 6.07) is 5.29. The van der Waals surface area contributed by atoms with Gasteiger partial charge in [-0.05, 0) is 25.0 Å². The van der Waals surface area contributed by atoms with Crippen molar-refractivity contribution in [2.45, 2.75) is 25.1 Å². The van der Waals surface area contributed by atoms with Crippen LogP contribution in [-0.4, -0.2) is 21.6 Å². The zero-order valence-corrected chi connectivity index (χ0v) is 10.5. The smallest absolute Gasteiger partial charge is 0.372 e. The Bertz CT molecular complexity index is 603. The standard InChI is InChI=1S/C13H12F3N3O/c14-13(15,16)9-4-1-2-5-11(9)19-8-10(17-18-19)12-6-3-7-20-12/h1-2,4-5,8,12H,3,6-7H2. The number of nitrogens with zero attached hydrogens (tertiary/aromatic N) is 3. The van der Waals surface area contributed by atoms with E-state index in [1.807, 2.05) is 0 Å². The fraction of sp³-hybridized carbons (Fsp3) is 0.385. The molecule has 1 aromatic carbocycles. The lowest BCUT2D eigenvalue weighted by Gasteiger charge is -2.11. The molecule has 7 heteroatoms. The number of hydrogen-bond donors (Lipinski definition) is 0. The highest BCUT2D eigenvalue weighted by atomic mass is 19.4. The van der Waals surface area contributed by atoms with Crippen LogP contribution in [0, 0.1) is 0 Å². The molecule has 0 saturated carbocycles. The highest BCUT2D eigenvalue weighted by Gasteiger charge is 2.34. The normalized spacial score (nSPS) is 19.4. The molecule has 1 atom stereocenters. The topological polar surface area (TPSA) is 39.9 Å². The summed E-state index contributed by atoms with van der Waals surface area (Å²) in [4.78, 5) is 0. The van der Waals surface area contributed by atoms with Gasteiger partial charge in [0, 0.05) is 6.61 Å². The van der Waals surface area contributed by atoms with Crippen LogP contribution in [0.2, 0.25) is 0 Å². The average molecular weight is 283 g/mol. The van der Waals surface area contributed by atoms with Gasteiger partial charge in [0.25, 0.3) is 0 Å². The number of ether oxygens (including phenoxy) is 1. The van der Waals surface area contributed by atoms with Crippen molar-refractivity contribution in [3.05, 3.63) is 41.7 Å². The van der Waals surface area contributed by atoms with Gasteiger partial charge in [-0.1, -0.05) is 17.3 Å². The van der Waals surface area contributed by atoms with Crippen LogP contribution in [0.25, 0.3) is 5.69 Å². The van der Waals surface area contributed by atoms with E-state index in [-0.39, 0.29) is 11.8 Å². The van der Waals surface area contributed by atoms with Crippen LogP contribution in [-0.2, 0) is 10.9 Å². The third-order valence-electron chi connectivity index (χ3n) is 3.23. The lowest BCUT2D eigenvalue weighted by Crippen LogP contribution is -2.11. The fourth-order valence-electron chi connectivity index (χ4n) is 2.27. The summed E-state index contributed by atoms with van der Waals surface area (Å²) < 4.78 is 45.5. The monoisotopic (exact) mass is 283 g/mol. The summed E-state index contributed by atoms with van der Waals surface area (Å²) in [5, 5.41) is 7.71. The summed E-state index contributed by atoms with van der Waals surface area (Å²) >= 11 is 0. The maximum absolute atomic E-state index is 13.0. The molecule has 20 heavy (non-hydrogen) atoms. The van der Waals surface area contributed by atoms with E-state index in [1.54, 1.807) is 0 Å². The van der Waals surface area contributed by atoms with Gasteiger partial charge in [0.1, 0.15) is 11.8 Å². The van der Waals surface area contributed by atoms with Gasteiger partial charge in [-0.15, -0.1) is 5.10 Å². The van der Waals surface area contributed by atoms with Crippen LogP contribution in [0.5, 0.6) is 0 Å². The number of alkyl halides is 3. The molecule has 4 nitrogen and oxygen atoms in total. The van der Waals surface area contributed by atoms with Crippen LogP contribution >= 0.6 is 0 Å². The molecule has 1 aromatic heterocycles. The number of rotatable bonds is 2. The van der Waals surface area contributed by atoms with Crippen molar-refractivity contribution in [1.82, 2.24) is 15.0 Å². The third-order valence-corrected chi connectivity index (χ3v) is 3.23. The van der Waals surface area contributed by atoms with Crippen molar-refractivity contribution in [3.8, 4) is 5.69 Å². The van der Waals surface area contributed by atoms with E-state index in [1.165, 1.54) is 24.4 Å². The van der Waals surface area contributed by atoms with Gasteiger partial charge in [0.2, 0.25) is 0 Å². The minimum Gasteiger partial charge on any atom is -0.372 e. The van der Waals surface area contributed by atoms with Crippen molar-refractivity contribution in [3.63, 3.8) is 0 Å². The van der Waals surface area contributed by atoms with E-state index >= 15 is 0 Å². The van der Waals surface area contributed by atoms with Crippen LogP contribution in [0.1, 0.15) is 30.2 Å². The summed E-state index contributed by atoms with van der Waals surface area (Å²) in [6.45, 7) is 0.649. The lowest BCUT2D eigenvalue weighted by atomic mass is 10.1. The fourth-order valence-corrected chi connectivity index (χ4v) is 2.27. The molecule has 3 rings (SSSR count). The second-order valence-corrected chi connectivity index (χ2v) is 4.60. The summed E-state index contributed by atoms with van der Waals surface area (Å²) in [5.74, 6) is 0. The Hall–Kier alpha value is -1.89. The van der Waals surface area contributed by atoms with Gasteiger partial charge in [0.05, 0.1) is 17.4 Å². The first-order valence-electron chi connectivity index (χ1n) is 6.26. The summed E-state index contributed by atoms with van der Waals surface area (Å²) in [5.41, 5.74) is -0.194. The van der Waals surface area contributed by atoms with E-state index in [2.05, 4.69) is 10.3 Å². The Morgan fingerprint density at radius 2 is 2.05 bits per heavy atom. The Kier molecular flexibility index (Phi) is 3.21. The van der Waals surface area contributed by atoms with Gasteiger partial charge in [-0.25, -0.2) is 4.68 Å². The third kappa shape index (κ3) is 2.40. The van der Waals surface area contributed by atoms with Gasteiger partial charge in [-0.3, -0.25) is 0 Å². The number of para-hydroxylation sites is 1. The van der Waals surface area contributed by atoms with Gasteiger partial charge >= 0.3 is 6.18 Å². The first-order valence-corrected chi connectivity index (χ1v) is 6.26. The number of aromatic nitrogens is 3. The highest BCUT2D eigenvalue weighted by Crippen LogP contribution is 2.34. The molecule has 2 aromatic rings. The van der Waals surface area contributed by atoms with E-state index in [9.17, 15) is 13.2 Å². The first-order chi connectivity index (χ1) is 9.55. The minimum absolute atomic E-state index is 0.0308. The van der Waals surface area contributed by atoms with Crippen molar-refractivity contribution in [2.75, 3.05) is 6.61 Å². The van der Waals surface area contributed by atoms with Gasteiger partial charge in [0.15, 0.2) is 0 Å². The molecule has 0 spiro atoms. The Labute approximate surface area is 113 Å². The SMILES string of the molecule is FC(F)(F)c1ccccc1-n1cc(C2CCCO2)nn1. The maximum Gasteiger partial charge on any atom is 0.418 e. The minimum atomic E-state index is -4.42. The largest absolute Gasteiger partial charge is 0.418 e. The molecule has 1 fully saturated rings. The molecule has 106 valence electrons. The predicted molar refractivity (Wildman–Crippen MR) is 64.3 cm³/mol. The zero-order valence-electron chi connectivity index (χ0n) is 10.5. The number of halogens is 3. The summed E-state index contributed by atoms with van der Waals surface area (Å²) in [7, 11) is 0. The molecule has 1 aliphatic rings. The molecule has 0 amide bonds. The predicted octanol–water partition coefficient (Wildman–Crippen LogP) is 3.14. The maximum atomic E-state index is 13.0. The van der Waals surface area contributed by atoms with Crippen LogP contribution in [0.3, 0.4) is 0 Å². The zero-order chi connectivity index (χ0) is 14.2. The second kappa shape index (κ2) is 4.90. The van der Waals surface area contributed by atoms with Crippen LogP contribution in [0.4, 0.5) is 13.2 Å². The molecule has 0 aliphatic carbocycles. The lowest BCUT2D eigenvalue weighted by molar-refractivity contribution is -0.137. The van der Waals surface area contributed by atoms with Crippen LogP contribution in [0.15, 0.2) is 30.5 Å². The van der Waals surface area contributed by atoms with Gasteiger partial charge in [-0.2, -0.15) is 13.2 Å². The van der Waals surface area contributed by atoms with E-state index in [4.69, 9.17) is 4.74 Å². The molecule has 2 heterocycles. The van der Waals surface area contributed by atoms with Crippen LogP contribution < -0.4 is 0 Å². The Morgan fingerprint density at radius 3 is 2.75 bits per heavy atom. The van der Waals surface area contributed by atoms with E-state index < -0.39 is 11.7 Å². The summed E-state index contributed by atoms with van der Waals surface area (Å²) in [6.07, 6.45) is -1.34. The molecule has 1 unspecified atom stereocenters. The Balaban J connectivity index is 1.97. The van der Waals surface area contributed by atoms with E-state index in [0.29, 0.717) is 12.3 Å². The molecule has 0 radical (unpaired) electrons. The van der Waals surface area contributed by atoms with Gasteiger partial charge < -0.3 is 4.74 Å². The highest BCUT2D eigenvalue weighted by molar-refractivity contribution is 5.42. The molecule has 1 saturated heterocycles. The number of hydrogen-bond acceptors (Lipinski definition) is 3. The number of benzene rings is 1. The molecule has 0 bridgehead atoms. The quantitative estimate of drug-likeness (QED) is 0.850. The molecular weight excluding hydrogens is 271 g/mol. The van der Waals surface area contributed by atoms with Crippen molar-refractivity contribution in [1.29, 1.82) is 0 Å². The van der Waals surface area contributed by atoms with E-state index in [0.717, 1.165) is 23.6 Å². The molecule has 0 N–H and O–H groups in total. The Morgan fingerprint density at radius 1 is 1.25 bits per heavy atom. The van der Waals surface area contributed by atoms with Crippen molar-refractivity contribution < 1.29 is 17.9 Å². The van der Waals surface area contributed by atoms with Crippen molar-refractivity contribution >= 4 is 0 Å². The average Bonchev–Trinajstić information content (AvgIpc) is 3.09. The molecule has 1 aliphatic heterocycles. The van der Waals surface area contributed by atoms with Crippen molar-refractivity contribution in [2.24, 2.45) is 0 Å². The molecular formula is C13H12F3N3O. The first kappa shape index (κ1) is 13.1. The second-order valence-electron chi connectivity index (χ2n) is 4.60.